The fourth-order valence-electron chi connectivity index (χ4n) is 3.07. The molecule has 3 aromatic rings. The Hall–Kier alpha value is -2.93. The van der Waals surface area contributed by atoms with Crippen molar-refractivity contribution in [2.24, 2.45) is 0 Å². The van der Waals surface area contributed by atoms with Crippen LogP contribution in [0.15, 0.2) is 52.9 Å². The quantitative estimate of drug-likeness (QED) is 0.720. The van der Waals surface area contributed by atoms with E-state index in [2.05, 4.69) is 15.5 Å². The zero-order chi connectivity index (χ0) is 18.6. The lowest BCUT2D eigenvalue weighted by molar-refractivity contribution is 0.0606. The van der Waals surface area contributed by atoms with Gasteiger partial charge in [-0.1, -0.05) is 24.3 Å². The molecular formula is C20H20FN3O3. The van der Waals surface area contributed by atoms with Crippen LogP contribution in [-0.4, -0.2) is 29.0 Å². The summed E-state index contributed by atoms with van der Waals surface area (Å²) in [5.41, 5.74) is 0.998. The molecule has 2 aromatic carbocycles. The molecule has 1 aliphatic heterocycles. The van der Waals surface area contributed by atoms with Gasteiger partial charge in [0.1, 0.15) is 18.5 Å². The molecule has 2 unspecified atom stereocenters. The van der Waals surface area contributed by atoms with Gasteiger partial charge in [0.2, 0.25) is 11.8 Å². The molecule has 27 heavy (non-hydrogen) atoms. The van der Waals surface area contributed by atoms with E-state index >= 15 is 0 Å². The fourth-order valence-corrected chi connectivity index (χ4v) is 3.07. The van der Waals surface area contributed by atoms with E-state index in [0.717, 1.165) is 11.3 Å². The molecule has 7 heteroatoms. The van der Waals surface area contributed by atoms with Gasteiger partial charge in [-0.3, -0.25) is 0 Å². The number of para-hydroxylation sites is 2. The maximum atomic E-state index is 13.2. The van der Waals surface area contributed by atoms with Crippen LogP contribution in [0.25, 0.3) is 0 Å². The molecule has 0 bridgehead atoms. The fraction of sp³-hybridized carbons (Fsp3) is 0.300. The molecule has 1 aliphatic rings. The minimum absolute atomic E-state index is 0.0870. The highest BCUT2D eigenvalue weighted by Crippen LogP contribution is 2.32. The van der Waals surface area contributed by atoms with Crippen LogP contribution in [-0.2, 0) is 13.0 Å². The van der Waals surface area contributed by atoms with Crippen molar-refractivity contribution in [2.75, 3.05) is 6.61 Å². The van der Waals surface area contributed by atoms with Crippen LogP contribution in [0.5, 0.6) is 11.5 Å². The van der Waals surface area contributed by atoms with Crippen molar-refractivity contribution in [1.82, 2.24) is 15.5 Å². The summed E-state index contributed by atoms with van der Waals surface area (Å²) in [5.74, 6) is 2.23. The van der Waals surface area contributed by atoms with E-state index in [1.807, 2.05) is 24.3 Å². The van der Waals surface area contributed by atoms with E-state index in [1.165, 1.54) is 12.1 Å². The Balaban J connectivity index is 1.50. The molecule has 0 fully saturated rings. The Labute approximate surface area is 156 Å². The highest BCUT2D eigenvalue weighted by Gasteiger charge is 2.29. The van der Waals surface area contributed by atoms with Crippen LogP contribution in [0.4, 0.5) is 4.39 Å². The van der Waals surface area contributed by atoms with E-state index in [0.29, 0.717) is 37.1 Å². The first-order valence-corrected chi connectivity index (χ1v) is 8.82. The Morgan fingerprint density at radius 2 is 1.89 bits per heavy atom. The topological polar surface area (TPSA) is 69.4 Å². The van der Waals surface area contributed by atoms with Crippen molar-refractivity contribution in [2.45, 2.75) is 32.0 Å². The third-order valence-corrected chi connectivity index (χ3v) is 4.43. The molecular weight excluding hydrogens is 349 g/mol. The first kappa shape index (κ1) is 17.5. The van der Waals surface area contributed by atoms with Crippen molar-refractivity contribution in [3.63, 3.8) is 0 Å². The SMILES string of the molecule is Cc1nnc(CNC(Cc2ccc(F)cc2)C2COc3ccccc3O2)o1. The van der Waals surface area contributed by atoms with Crippen LogP contribution in [0.3, 0.4) is 0 Å². The number of aromatic nitrogens is 2. The molecule has 0 spiro atoms. The Morgan fingerprint density at radius 1 is 1.11 bits per heavy atom. The predicted octanol–water partition coefficient (Wildman–Crippen LogP) is 3.06. The highest BCUT2D eigenvalue weighted by molar-refractivity contribution is 5.41. The standard InChI is InChI=1S/C20H20FN3O3/c1-13-23-24-20(26-13)11-22-16(10-14-6-8-15(21)9-7-14)19-12-25-17-4-2-3-5-18(17)27-19/h2-9,16,19,22H,10-12H2,1H3. The Morgan fingerprint density at radius 3 is 2.63 bits per heavy atom. The van der Waals surface area contributed by atoms with Crippen molar-refractivity contribution in [3.05, 3.63) is 71.7 Å². The summed E-state index contributed by atoms with van der Waals surface area (Å²) in [6, 6.07) is 14.0. The van der Waals surface area contributed by atoms with Gasteiger partial charge in [0.15, 0.2) is 11.5 Å². The van der Waals surface area contributed by atoms with Crippen molar-refractivity contribution < 1.29 is 18.3 Å². The van der Waals surface area contributed by atoms with Crippen molar-refractivity contribution >= 4 is 0 Å². The third kappa shape index (κ3) is 4.25. The van der Waals surface area contributed by atoms with Gasteiger partial charge in [-0.2, -0.15) is 0 Å². The summed E-state index contributed by atoms with van der Waals surface area (Å²) in [5, 5.41) is 11.3. The largest absolute Gasteiger partial charge is 0.486 e. The summed E-state index contributed by atoms with van der Waals surface area (Å²) in [7, 11) is 0. The highest BCUT2D eigenvalue weighted by atomic mass is 19.1. The Kier molecular flexibility index (Phi) is 5.02. The molecule has 0 saturated heterocycles. The molecule has 1 aromatic heterocycles. The van der Waals surface area contributed by atoms with Crippen LogP contribution in [0, 0.1) is 12.7 Å². The van der Waals surface area contributed by atoms with Crippen molar-refractivity contribution in [1.29, 1.82) is 0 Å². The summed E-state index contributed by atoms with van der Waals surface area (Å²) in [6.45, 7) is 2.58. The number of fused-ring (bicyclic) bond motifs is 1. The maximum Gasteiger partial charge on any atom is 0.230 e. The first-order valence-electron chi connectivity index (χ1n) is 8.82. The monoisotopic (exact) mass is 369 g/mol. The molecule has 6 nitrogen and oxygen atoms in total. The van der Waals surface area contributed by atoms with Crippen LogP contribution in [0.1, 0.15) is 17.3 Å². The number of nitrogens with zero attached hydrogens (tertiary/aromatic N) is 2. The van der Waals surface area contributed by atoms with E-state index in [1.54, 1.807) is 19.1 Å². The number of hydrogen-bond acceptors (Lipinski definition) is 6. The van der Waals surface area contributed by atoms with Crippen LogP contribution >= 0.6 is 0 Å². The maximum absolute atomic E-state index is 13.2. The number of hydrogen-bond donors (Lipinski definition) is 1. The molecule has 0 aliphatic carbocycles. The van der Waals surface area contributed by atoms with Gasteiger partial charge < -0.3 is 19.2 Å². The number of aryl methyl sites for hydroxylation is 1. The van der Waals surface area contributed by atoms with E-state index < -0.39 is 0 Å². The molecule has 0 saturated carbocycles. The van der Waals surface area contributed by atoms with Gasteiger partial charge in [0.25, 0.3) is 0 Å². The van der Waals surface area contributed by atoms with Crippen LogP contribution < -0.4 is 14.8 Å². The molecule has 1 N–H and O–H groups in total. The Bertz CT molecular complexity index is 897. The molecule has 2 atom stereocenters. The average molecular weight is 369 g/mol. The van der Waals surface area contributed by atoms with E-state index in [4.69, 9.17) is 13.9 Å². The van der Waals surface area contributed by atoms with E-state index in [9.17, 15) is 4.39 Å². The number of rotatable bonds is 6. The second-order valence-electron chi connectivity index (χ2n) is 6.45. The summed E-state index contributed by atoms with van der Waals surface area (Å²) in [6.07, 6.45) is 0.429. The molecule has 0 amide bonds. The van der Waals surface area contributed by atoms with Gasteiger partial charge in [-0.15, -0.1) is 10.2 Å². The van der Waals surface area contributed by atoms with Crippen LogP contribution in [0.2, 0.25) is 0 Å². The van der Waals surface area contributed by atoms with Gasteiger partial charge in [0.05, 0.1) is 12.6 Å². The van der Waals surface area contributed by atoms with Gasteiger partial charge >= 0.3 is 0 Å². The number of halogens is 1. The molecule has 0 radical (unpaired) electrons. The molecule has 140 valence electrons. The molecule has 2 heterocycles. The minimum atomic E-state index is -0.254. The zero-order valence-electron chi connectivity index (χ0n) is 14.9. The van der Waals surface area contributed by atoms with Gasteiger partial charge in [-0.05, 0) is 36.2 Å². The van der Waals surface area contributed by atoms with Crippen molar-refractivity contribution in [3.8, 4) is 11.5 Å². The third-order valence-electron chi connectivity index (χ3n) is 4.43. The second-order valence-corrected chi connectivity index (χ2v) is 6.45. The van der Waals surface area contributed by atoms with Gasteiger partial charge in [-0.25, -0.2) is 4.39 Å². The first-order chi connectivity index (χ1) is 13.2. The summed E-state index contributed by atoms with van der Waals surface area (Å²) in [4.78, 5) is 0. The second kappa shape index (κ2) is 7.75. The summed E-state index contributed by atoms with van der Waals surface area (Å²) >= 11 is 0. The number of ether oxygens (including phenoxy) is 2. The normalized spacial score (nSPS) is 16.9. The lowest BCUT2D eigenvalue weighted by Crippen LogP contribution is -2.48. The van der Waals surface area contributed by atoms with Gasteiger partial charge in [0, 0.05) is 6.92 Å². The summed E-state index contributed by atoms with van der Waals surface area (Å²) < 4.78 is 30.7. The lowest BCUT2D eigenvalue weighted by atomic mass is 10.0. The average Bonchev–Trinajstić information content (AvgIpc) is 3.11. The lowest BCUT2D eigenvalue weighted by Gasteiger charge is -2.32. The zero-order valence-corrected chi connectivity index (χ0v) is 14.9. The number of benzene rings is 2. The number of nitrogens with one attached hydrogen (secondary N) is 1. The van der Waals surface area contributed by atoms with E-state index in [-0.39, 0.29) is 18.0 Å². The molecule has 4 rings (SSSR count). The predicted molar refractivity (Wildman–Crippen MR) is 96.1 cm³/mol. The minimum Gasteiger partial charge on any atom is -0.486 e. The smallest absolute Gasteiger partial charge is 0.230 e.